The molecule has 1 fully saturated rings. The second kappa shape index (κ2) is 10.5. The average molecular weight is 364 g/mol. The molecule has 0 unspecified atom stereocenters. The number of rotatable bonds is 9. The predicted molar refractivity (Wildman–Crippen MR) is 101 cm³/mol. The highest BCUT2D eigenvalue weighted by Crippen LogP contribution is 2.19. The average Bonchev–Trinajstić information content (AvgIpc) is 2.67. The van der Waals surface area contributed by atoms with E-state index in [0.717, 1.165) is 44.8 Å². The summed E-state index contributed by atoms with van der Waals surface area (Å²) < 4.78 is 10.5. The fraction of sp³-hybridized carbons (Fsp3) is 0.650. The zero-order valence-electron chi connectivity index (χ0n) is 16.2. The number of aliphatic hydroxyl groups is 1. The first kappa shape index (κ1) is 20.7. The molecular formula is C20H32N2O4. The van der Waals surface area contributed by atoms with Gasteiger partial charge in [-0.3, -0.25) is 4.79 Å². The van der Waals surface area contributed by atoms with E-state index in [1.165, 1.54) is 12.7 Å². The topological polar surface area (TPSA) is 62.2 Å². The van der Waals surface area contributed by atoms with Gasteiger partial charge in [-0.2, -0.15) is 0 Å². The molecule has 1 heterocycles. The van der Waals surface area contributed by atoms with Crippen molar-refractivity contribution in [1.82, 2.24) is 9.80 Å². The van der Waals surface area contributed by atoms with Crippen molar-refractivity contribution in [2.24, 2.45) is 5.92 Å². The first-order chi connectivity index (χ1) is 12.5. The van der Waals surface area contributed by atoms with Gasteiger partial charge in [-0.05, 0) is 57.2 Å². The Morgan fingerprint density at radius 2 is 1.96 bits per heavy atom. The van der Waals surface area contributed by atoms with Gasteiger partial charge in [0.05, 0.1) is 13.0 Å². The molecule has 1 aliphatic heterocycles. The van der Waals surface area contributed by atoms with Crippen LogP contribution < -0.4 is 4.74 Å². The molecule has 6 heteroatoms. The number of β-amino-alcohol motifs (C(OH)–C–C–N with tert-alkyl or cyclic N) is 1. The molecule has 1 aromatic rings. The van der Waals surface area contributed by atoms with Crippen molar-refractivity contribution in [3.8, 4) is 5.75 Å². The molecule has 1 aromatic carbocycles. The lowest BCUT2D eigenvalue weighted by Gasteiger charge is -2.31. The number of hydrogen-bond acceptors (Lipinski definition) is 6. The SMILES string of the molecule is CCN(C)Cc1ccc(OC[C@@H](O)CN2CCC(C(=O)OC)CC2)cc1. The van der Waals surface area contributed by atoms with Crippen LogP contribution in [-0.4, -0.2) is 73.9 Å². The zero-order valence-corrected chi connectivity index (χ0v) is 16.2. The molecule has 6 nitrogen and oxygen atoms in total. The quantitative estimate of drug-likeness (QED) is 0.674. The molecule has 0 aromatic heterocycles. The first-order valence-corrected chi connectivity index (χ1v) is 9.40. The van der Waals surface area contributed by atoms with Crippen LogP contribution in [0.3, 0.4) is 0 Å². The van der Waals surface area contributed by atoms with Crippen LogP contribution in [0.15, 0.2) is 24.3 Å². The molecule has 1 saturated heterocycles. The molecule has 2 rings (SSSR count). The number of piperidine rings is 1. The van der Waals surface area contributed by atoms with E-state index in [0.29, 0.717) is 6.54 Å². The number of aliphatic hydroxyl groups excluding tert-OH is 1. The molecule has 1 aliphatic rings. The van der Waals surface area contributed by atoms with Crippen LogP contribution in [0, 0.1) is 5.92 Å². The number of likely N-dealkylation sites (tertiary alicyclic amines) is 1. The van der Waals surface area contributed by atoms with Gasteiger partial charge in [-0.1, -0.05) is 19.1 Å². The van der Waals surface area contributed by atoms with Gasteiger partial charge < -0.3 is 24.4 Å². The second-order valence-electron chi connectivity index (χ2n) is 7.04. The predicted octanol–water partition coefficient (Wildman–Crippen LogP) is 1.76. The maximum absolute atomic E-state index is 11.5. The highest BCUT2D eigenvalue weighted by Gasteiger charge is 2.26. The molecule has 0 radical (unpaired) electrons. The van der Waals surface area contributed by atoms with Crippen molar-refractivity contribution in [3.05, 3.63) is 29.8 Å². The van der Waals surface area contributed by atoms with Crippen molar-refractivity contribution in [1.29, 1.82) is 0 Å². The highest BCUT2D eigenvalue weighted by atomic mass is 16.5. The van der Waals surface area contributed by atoms with E-state index < -0.39 is 6.10 Å². The van der Waals surface area contributed by atoms with Crippen molar-refractivity contribution < 1.29 is 19.4 Å². The summed E-state index contributed by atoms with van der Waals surface area (Å²) in [5.41, 5.74) is 1.25. The lowest BCUT2D eigenvalue weighted by molar-refractivity contribution is -0.147. The van der Waals surface area contributed by atoms with Gasteiger partial charge in [0.25, 0.3) is 0 Å². The summed E-state index contributed by atoms with van der Waals surface area (Å²) in [6.07, 6.45) is 1.03. The van der Waals surface area contributed by atoms with Crippen molar-refractivity contribution in [2.75, 3.05) is 46.9 Å². The monoisotopic (exact) mass is 364 g/mol. The van der Waals surface area contributed by atoms with Crippen LogP contribution in [0.1, 0.15) is 25.3 Å². The van der Waals surface area contributed by atoms with Gasteiger partial charge in [-0.25, -0.2) is 0 Å². The molecule has 0 amide bonds. The minimum Gasteiger partial charge on any atom is -0.491 e. The summed E-state index contributed by atoms with van der Waals surface area (Å²) in [6, 6.07) is 8.03. The van der Waals surface area contributed by atoms with Crippen LogP contribution in [0.5, 0.6) is 5.75 Å². The smallest absolute Gasteiger partial charge is 0.308 e. The fourth-order valence-electron chi connectivity index (χ4n) is 3.18. The van der Waals surface area contributed by atoms with Crippen LogP contribution >= 0.6 is 0 Å². The van der Waals surface area contributed by atoms with E-state index in [2.05, 4.69) is 35.9 Å². The lowest BCUT2D eigenvalue weighted by Crippen LogP contribution is -2.42. The van der Waals surface area contributed by atoms with Gasteiger partial charge >= 0.3 is 5.97 Å². The largest absolute Gasteiger partial charge is 0.491 e. The Morgan fingerprint density at radius 3 is 2.54 bits per heavy atom. The van der Waals surface area contributed by atoms with E-state index >= 15 is 0 Å². The first-order valence-electron chi connectivity index (χ1n) is 9.40. The van der Waals surface area contributed by atoms with Crippen LogP contribution in [-0.2, 0) is 16.1 Å². The molecule has 1 N–H and O–H groups in total. The maximum atomic E-state index is 11.5. The summed E-state index contributed by atoms with van der Waals surface area (Å²) in [5, 5.41) is 10.2. The summed E-state index contributed by atoms with van der Waals surface area (Å²) in [7, 11) is 3.53. The molecule has 0 saturated carbocycles. The van der Waals surface area contributed by atoms with E-state index in [9.17, 15) is 9.90 Å². The van der Waals surface area contributed by atoms with Crippen molar-refractivity contribution in [3.63, 3.8) is 0 Å². The number of hydrogen-bond donors (Lipinski definition) is 1. The third-order valence-electron chi connectivity index (χ3n) is 4.95. The maximum Gasteiger partial charge on any atom is 0.308 e. The van der Waals surface area contributed by atoms with Gasteiger partial charge in [0.15, 0.2) is 0 Å². The Labute approximate surface area is 156 Å². The number of ether oxygens (including phenoxy) is 2. The summed E-state index contributed by atoms with van der Waals surface area (Å²) in [4.78, 5) is 16.0. The third-order valence-corrected chi connectivity index (χ3v) is 4.95. The van der Waals surface area contributed by atoms with Crippen LogP contribution in [0.25, 0.3) is 0 Å². The Bertz CT molecular complexity index is 541. The molecule has 0 bridgehead atoms. The Kier molecular flexibility index (Phi) is 8.35. The Balaban J connectivity index is 1.69. The molecular weight excluding hydrogens is 332 g/mol. The van der Waals surface area contributed by atoms with Gasteiger partial charge in [0.2, 0.25) is 0 Å². The molecule has 26 heavy (non-hydrogen) atoms. The zero-order chi connectivity index (χ0) is 18.9. The third kappa shape index (κ3) is 6.59. The van der Waals surface area contributed by atoms with Gasteiger partial charge in [-0.15, -0.1) is 0 Å². The number of methoxy groups -OCH3 is 1. The van der Waals surface area contributed by atoms with Crippen molar-refractivity contribution >= 4 is 5.97 Å². The second-order valence-corrected chi connectivity index (χ2v) is 7.04. The fourth-order valence-corrected chi connectivity index (χ4v) is 3.18. The van der Waals surface area contributed by atoms with E-state index in [1.54, 1.807) is 0 Å². The summed E-state index contributed by atoms with van der Waals surface area (Å²) in [6.45, 7) is 6.50. The Hall–Kier alpha value is -1.63. The number of carbonyl (C=O) groups is 1. The molecule has 0 aliphatic carbocycles. The number of nitrogens with zero attached hydrogens (tertiary/aromatic N) is 2. The minimum absolute atomic E-state index is 0.00471. The van der Waals surface area contributed by atoms with E-state index in [4.69, 9.17) is 9.47 Å². The molecule has 1 atom stereocenters. The van der Waals surface area contributed by atoms with E-state index in [-0.39, 0.29) is 18.5 Å². The molecule has 0 spiro atoms. The van der Waals surface area contributed by atoms with Crippen molar-refractivity contribution in [2.45, 2.75) is 32.4 Å². The van der Waals surface area contributed by atoms with Gasteiger partial charge in [0.1, 0.15) is 18.5 Å². The summed E-state index contributed by atoms with van der Waals surface area (Å²) in [5.74, 6) is 0.647. The highest BCUT2D eigenvalue weighted by molar-refractivity contribution is 5.72. The number of benzene rings is 1. The van der Waals surface area contributed by atoms with Crippen LogP contribution in [0.4, 0.5) is 0 Å². The number of esters is 1. The number of carbonyl (C=O) groups excluding carboxylic acids is 1. The Morgan fingerprint density at radius 1 is 1.31 bits per heavy atom. The minimum atomic E-state index is -0.546. The summed E-state index contributed by atoms with van der Waals surface area (Å²) >= 11 is 0. The normalized spacial score (nSPS) is 17.3. The van der Waals surface area contributed by atoms with Gasteiger partial charge in [0, 0.05) is 13.1 Å². The lowest BCUT2D eigenvalue weighted by atomic mass is 9.97. The van der Waals surface area contributed by atoms with E-state index in [1.807, 2.05) is 12.1 Å². The molecule has 146 valence electrons. The van der Waals surface area contributed by atoms with Crippen LogP contribution in [0.2, 0.25) is 0 Å². The standard InChI is InChI=1S/C20H32N2O4/c1-4-21(2)13-16-5-7-19(8-6-16)26-15-18(23)14-22-11-9-17(10-12-22)20(24)25-3/h5-8,17-18,23H,4,9-15H2,1-3H3/t18-/m0/s1.